The van der Waals surface area contributed by atoms with Crippen molar-refractivity contribution in [3.63, 3.8) is 0 Å². The maximum atomic E-state index is 10.6. The fourth-order valence-corrected chi connectivity index (χ4v) is 0.887. The molecule has 1 N–H and O–H groups in total. The fraction of sp³-hybridized carbons (Fsp3) is 0.111. The van der Waals surface area contributed by atoms with Crippen LogP contribution in [-0.2, 0) is 4.74 Å². The summed E-state index contributed by atoms with van der Waals surface area (Å²) in [6.45, 7) is 0. The van der Waals surface area contributed by atoms with Crippen molar-refractivity contribution in [2.75, 3.05) is 7.11 Å². The van der Waals surface area contributed by atoms with E-state index in [9.17, 15) is 14.9 Å². The highest BCUT2D eigenvalue weighted by molar-refractivity contribution is 5.81. The lowest BCUT2D eigenvalue weighted by atomic mass is 10.2. The van der Waals surface area contributed by atoms with Gasteiger partial charge in [0.05, 0.1) is 18.2 Å². The molecule has 7 nitrogen and oxygen atoms in total. The van der Waals surface area contributed by atoms with E-state index in [0.29, 0.717) is 5.56 Å². The summed E-state index contributed by atoms with van der Waals surface area (Å²) >= 11 is 0. The lowest BCUT2D eigenvalue weighted by Crippen LogP contribution is -2.16. The monoisotopic (exact) mass is 223 g/mol. The summed E-state index contributed by atoms with van der Waals surface area (Å²) in [6, 6.07) is 5.72. The van der Waals surface area contributed by atoms with Crippen LogP contribution in [0.15, 0.2) is 29.4 Å². The molecule has 1 amide bonds. The average molecular weight is 223 g/mol. The molecule has 0 unspecified atom stereocenters. The first-order valence-electron chi connectivity index (χ1n) is 4.25. The first kappa shape index (κ1) is 11.6. The Hall–Kier alpha value is -2.44. The van der Waals surface area contributed by atoms with Crippen molar-refractivity contribution in [1.82, 2.24) is 5.43 Å². The van der Waals surface area contributed by atoms with Crippen LogP contribution in [-0.4, -0.2) is 24.3 Å². The Morgan fingerprint density at radius 3 is 2.62 bits per heavy atom. The minimum Gasteiger partial charge on any atom is -0.452 e. The van der Waals surface area contributed by atoms with Crippen LogP contribution >= 0.6 is 0 Å². The maximum Gasteiger partial charge on any atom is 0.427 e. The summed E-state index contributed by atoms with van der Waals surface area (Å²) < 4.78 is 4.29. The molecule has 16 heavy (non-hydrogen) atoms. The molecule has 0 radical (unpaired) electrons. The van der Waals surface area contributed by atoms with E-state index >= 15 is 0 Å². The van der Waals surface area contributed by atoms with Gasteiger partial charge in [0.2, 0.25) is 0 Å². The van der Waals surface area contributed by atoms with Gasteiger partial charge in [0, 0.05) is 12.1 Å². The zero-order valence-corrected chi connectivity index (χ0v) is 8.41. The average Bonchev–Trinajstić information content (AvgIpc) is 2.29. The standard InChI is InChI=1S/C9H9N3O4/c1-16-9(13)11-10-6-7-2-4-8(5-3-7)12(14)15/h2-6H,1H3,(H,11,13). The Morgan fingerprint density at radius 1 is 1.50 bits per heavy atom. The molecule has 0 saturated heterocycles. The minimum atomic E-state index is -0.682. The van der Waals surface area contributed by atoms with Gasteiger partial charge in [-0.05, 0) is 17.7 Å². The molecule has 0 aromatic heterocycles. The van der Waals surface area contributed by atoms with Crippen molar-refractivity contribution in [1.29, 1.82) is 0 Å². The third-order valence-corrected chi connectivity index (χ3v) is 1.66. The van der Waals surface area contributed by atoms with E-state index in [1.807, 2.05) is 0 Å². The molecular weight excluding hydrogens is 214 g/mol. The van der Waals surface area contributed by atoms with E-state index in [-0.39, 0.29) is 5.69 Å². The first-order chi connectivity index (χ1) is 7.63. The van der Waals surface area contributed by atoms with Crippen LogP contribution in [0.1, 0.15) is 5.56 Å². The molecule has 0 atom stereocenters. The summed E-state index contributed by atoms with van der Waals surface area (Å²) in [4.78, 5) is 20.5. The number of non-ortho nitro benzene ring substituents is 1. The third-order valence-electron chi connectivity index (χ3n) is 1.66. The van der Waals surface area contributed by atoms with Gasteiger partial charge in [0.25, 0.3) is 5.69 Å². The second-order valence-electron chi connectivity index (χ2n) is 2.71. The number of benzene rings is 1. The summed E-state index contributed by atoms with van der Waals surface area (Å²) in [5.41, 5.74) is 2.72. The molecule has 84 valence electrons. The maximum absolute atomic E-state index is 10.6. The molecule has 0 fully saturated rings. The van der Waals surface area contributed by atoms with Gasteiger partial charge in [-0.1, -0.05) is 0 Å². The van der Waals surface area contributed by atoms with Gasteiger partial charge in [-0.2, -0.15) is 5.10 Å². The number of nitrogens with one attached hydrogen (secondary N) is 1. The summed E-state index contributed by atoms with van der Waals surface area (Å²) in [6.07, 6.45) is 0.666. The second kappa shape index (κ2) is 5.44. The van der Waals surface area contributed by atoms with Crippen LogP contribution in [0.3, 0.4) is 0 Å². The predicted octanol–water partition coefficient (Wildman–Crippen LogP) is 1.28. The minimum absolute atomic E-state index is 0.00178. The van der Waals surface area contributed by atoms with Crippen LogP contribution in [0.5, 0.6) is 0 Å². The van der Waals surface area contributed by atoms with Crippen LogP contribution in [0.2, 0.25) is 0 Å². The predicted molar refractivity (Wildman–Crippen MR) is 56.2 cm³/mol. The van der Waals surface area contributed by atoms with Crippen molar-refractivity contribution in [2.24, 2.45) is 5.10 Å². The van der Waals surface area contributed by atoms with E-state index in [4.69, 9.17) is 0 Å². The van der Waals surface area contributed by atoms with Gasteiger partial charge >= 0.3 is 6.09 Å². The lowest BCUT2D eigenvalue weighted by molar-refractivity contribution is -0.384. The first-order valence-corrected chi connectivity index (χ1v) is 4.25. The number of nitro benzene ring substituents is 1. The number of carbonyl (C=O) groups excluding carboxylic acids is 1. The molecule has 1 aromatic rings. The van der Waals surface area contributed by atoms with Gasteiger partial charge in [-0.3, -0.25) is 10.1 Å². The van der Waals surface area contributed by atoms with Gasteiger partial charge in [0.15, 0.2) is 0 Å². The number of hydrogen-bond acceptors (Lipinski definition) is 5. The van der Waals surface area contributed by atoms with Crippen LogP contribution < -0.4 is 5.43 Å². The van der Waals surface area contributed by atoms with Crippen molar-refractivity contribution >= 4 is 18.0 Å². The molecule has 0 bridgehead atoms. The van der Waals surface area contributed by atoms with Crippen molar-refractivity contribution < 1.29 is 14.5 Å². The zero-order chi connectivity index (χ0) is 12.0. The molecule has 0 aliphatic heterocycles. The molecular formula is C9H9N3O4. The van der Waals surface area contributed by atoms with Crippen molar-refractivity contribution in [2.45, 2.75) is 0 Å². The number of methoxy groups -OCH3 is 1. The molecule has 0 aliphatic carbocycles. The number of hydrogen-bond donors (Lipinski definition) is 1. The number of nitrogens with zero attached hydrogens (tertiary/aromatic N) is 2. The van der Waals surface area contributed by atoms with E-state index in [1.165, 1.54) is 37.6 Å². The number of hydrazone groups is 1. The largest absolute Gasteiger partial charge is 0.452 e. The smallest absolute Gasteiger partial charge is 0.427 e. The number of carbonyl (C=O) groups is 1. The van der Waals surface area contributed by atoms with E-state index in [0.717, 1.165) is 0 Å². The van der Waals surface area contributed by atoms with E-state index in [1.54, 1.807) is 0 Å². The quantitative estimate of drug-likeness (QED) is 0.474. The number of rotatable bonds is 3. The third kappa shape index (κ3) is 3.37. The highest BCUT2D eigenvalue weighted by atomic mass is 16.6. The van der Waals surface area contributed by atoms with Gasteiger partial charge in [0.1, 0.15) is 0 Å². The highest BCUT2D eigenvalue weighted by Crippen LogP contribution is 2.10. The Kier molecular flexibility index (Phi) is 3.96. The van der Waals surface area contributed by atoms with Crippen LogP contribution in [0.4, 0.5) is 10.5 Å². The molecule has 1 rings (SSSR count). The fourth-order valence-electron chi connectivity index (χ4n) is 0.887. The lowest BCUT2D eigenvalue weighted by Gasteiger charge is -1.95. The van der Waals surface area contributed by atoms with E-state index in [2.05, 4.69) is 15.3 Å². The highest BCUT2D eigenvalue weighted by Gasteiger charge is 2.02. The Balaban J connectivity index is 2.61. The molecule has 0 spiro atoms. The van der Waals surface area contributed by atoms with Crippen LogP contribution in [0.25, 0.3) is 0 Å². The second-order valence-corrected chi connectivity index (χ2v) is 2.71. The number of amides is 1. The molecule has 0 aliphatic rings. The van der Waals surface area contributed by atoms with Gasteiger partial charge in [-0.25, -0.2) is 10.2 Å². The van der Waals surface area contributed by atoms with Gasteiger partial charge < -0.3 is 4.74 Å². The van der Waals surface area contributed by atoms with Crippen molar-refractivity contribution in [3.05, 3.63) is 39.9 Å². The molecule has 1 aromatic carbocycles. The van der Waals surface area contributed by atoms with E-state index < -0.39 is 11.0 Å². The number of nitro groups is 1. The Labute approximate surface area is 90.9 Å². The molecule has 7 heteroatoms. The van der Waals surface area contributed by atoms with Crippen molar-refractivity contribution in [3.8, 4) is 0 Å². The summed E-state index contributed by atoms with van der Waals surface area (Å²) in [7, 11) is 1.22. The van der Waals surface area contributed by atoms with Crippen LogP contribution in [0, 0.1) is 10.1 Å². The summed E-state index contributed by atoms with van der Waals surface area (Å²) in [5.74, 6) is 0. The Bertz CT molecular complexity index is 413. The normalized spacial score (nSPS) is 10.1. The molecule has 0 heterocycles. The topological polar surface area (TPSA) is 93.8 Å². The molecule has 0 saturated carbocycles. The summed E-state index contributed by atoms with van der Waals surface area (Å²) in [5, 5.41) is 13.9. The SMILES string of the molecule is COC(=O)NN=Cc1ccc([N+](=O)[O-])cc1. The Morgan fingerprint density at radius 2 is 2.12 bits per heavy atom. The number of ether oxygens (including phenoxy) is 1. The zero-order valence-electron chi connectivity index (χ0n) is 8.41. The van der Waals surface area contributed by atoms with Gasteiger partial charge in [-0.15, -0.1) is 0 Å².